The van der Waals surface area contributed by atoms with E-state index in [4.69, 9.17) is 0 Å². The van der Waals surface area contributed by atoms with E-state index in [1.54, 1.807) is 23.2 Å². The Morgan fingerprint density at radius 3 is 2.81 bits per heavy atom. The van der Waals surface area contributed by atoms with Gasteiger partial charge in [-0.2, -0.15) is 0 Å². The van der Waals surface area contributed by atoms with E-state index < -0.39 is 10.0 Å². The Labute approximate surface area is 160 Å². The molecule has 8 nitrogen and oxygen atoms in total. The number of hydrogen-bond donors (Lipinski definition) is 2. The Morgan fingerprint density at radius 2 is 2.11 bits per heavy atom. The van der Waals surface area contributed by atoms with Gasteiger partial charge in [-0.25, -0.2) is 13.1 Å². The molecule has 2 N–H and O–H groups in total. The number of sulfonamides is 1. The van der Waals surface area contributed by atoms with Crippen molar-refractivity contribution < 1.29 is 18.0 Å². The van der Waals surface area contributed by atoms with Gasteiger partial charge >= 0.3 is 0 Å². The normalized spacial score (nSPS) is 17.5. The lowest BCUT2D eigenvalue weighted by Crippen LogP contribution is -2.44. The highest BCUT2D eigenvalue weighted by atomic mass is 32.2. The second-order valence-electron chi connectivity index (χ2n) is 6.71. The third kappa shape index (κ3) is 7.64. The number of hydrogen-bond acceptors (Lipinski definition) is 5. The van der Waals surface area contributed by atoms with Crippen molar-refractivity contribution in [1.29, 1.82) is 0 Å². The fourth-order valence-electron chi connectivity index (χ4n) is 3.18. The molecule has 1 aromatic heterocycles. The maximum Gasteiger partial charge on any atom is 0.221 e. The van der Waals surface area contributed by atoms with Crippen molar-refractivity contribution in [3.63, 3.8) is 0 Å². The van der Waals surface area contributed by atoms with Crippen molar-refractivity contribution in [2.45, 2.75) is 51.6 Å². The summed E-state index contributed by atoms with van der Waals surface area (Å²) in [6, 6.07) is 5.42. The Morgan fingerprint density at radius 1 is 1.30 bits per heavy atom. The summed E-state index contributed by atoms with van der Waals surface area (Å²) < 4.78 is 26.8. The van der Waals surface area contributed by atoms with Gasteiger partial charge in [-0.15, -0.1) is 0 Å². The monoisotopic (exact) mass is 396 g/mol. The van der Waals surface area contributed by atoms with Crippen LogP contribution in [0.1, 0.15) is 44.7 Å². The van der Waals surface area contributed by atoms with Gasteiger partial charge in [0.2, 0.25) is 21.8 Å². The molecule has 1 aromatic rings. The first-order valence-electron chi connectivity index (χ1n) is 9.28. The van der Waals surface area contributed by atoms with Crippen LogP contribution in [0.15, 0.2) is 24.4 Å². The summed E-state index contributed by atoms with van der Waals surface area (Å²) in [5.74, 6) is -0.287. The van der Waals surface area contributed by atoms with Crippen molar-refractivity contribution in [2.24, 2.45) is 0 Å². The SMILES string of the molecule is CC(=O)N1CCCCC1CCS(=O)(=O)NCCC(=O)NCc1ccccn1. The van der Waals surface area contributed by atoms with Gasteiger partial charge in [-0.1, -0.05) is 6.07 Å². The molecule has 0 bridgehead atoms. The number of likely N-dealkylation sites (tertiary alicyclic amines) is 1. The molecular weight excluding hydrogens is 368 g/mol. The number of pyridine rings is 1. The van der Waals surface area contributed by atoms with Crippen LogP contribution >= 0.6 is 0 Å². The van der Waals surface area contributed by atoms with Gasteiger partial charge in [0.1, 0.15) is 0 Å². The predicted molar refractivity (Wildman–Crippen MR) is 102 cm³/mol. The first-order valence-corrected chi connectivity index (χ1v) is 10.9. The third-order valence-corrected chi connectivity index (χ3v) is 6.04. The number of carbonyl (C=O) groups is 2. The van der Waals surface area contributed by atoms with Gasteiger partial charge in [0.15, 0.2) is 0 Å². The van der Waals surface area contributed by atoms with Crippen molar-refractivity contribution in [3.05, 3.63) is 30.1 Å². The van der Waals surface area contributed by atoms with E-state index in [1.807, 2.05) is 6.07 Å². The summed E-state index contributed by atoms with van der Waals surface area (Å²) in [5.41, 5.74) is 0.744. The summed E-state index contributed by atoms with van der Waals surface area (Å²) in [6.07, 6.45) is 4.95. The van der Waals surface area contributed by atoms with E-state index in [0.717, 1.165) is 25.0 Å². The van der Waals surface area contributed by atoms with Crippen LogP contribution in [0.4, 0.5) is 0 Å². The summed E-state index contributed by atoms with van der Waals surface area (Å²) in [7, 11) is -3.47. The molecule has 27 heavy (non-hydrogen) atoms. The molecule has 1 aliphatic rings. The summed E-state index contributed by atoms with van der Waals surface area (Å²) in [6.45, 7) is 2.59. The van der Waals surface area contributed by atoms with Gasteiger partial charge in [-0.3, -0.25) is 14.6 Å². The molecule has 0 aromatic carbocycles. The number of carbonyl (C=O) groups excluding carboxylic acids is 2. The van der Waals surface area contributed by atoms with E-state index in [2.05, 4.69) is 15.0 Å². The molecule has 0 saturated carbocycles. The van der Waals surface area contributed by atoms with Gasteiger partial charge in [0.25, 0.3) is 0 Å². The van der Waals surface area contributed by atoms with E-state index in [1.165, 1.54) is 6.92 Å². The highest BCUT2D eigenvalue weighted by Gasteiger charge is 2.25. The lowest BCUT2D eigenvalue weighted by molar-refractivity contribution is -0.132. The lowest BCUT2D eigenvalue weighted by atomic mass is 10.00. The average Bonchev–Trinajstić information content (AvgIpc) is 2.65. The molecule has 0 aliphatic carbocycles. The van der Waals surface area contributed by atoms with Crippen LogP contribution in [0.2, 0.25) is 0 Å². The van der Waals surface area contributed by atoms with Crippen molar-refractivity contribution in [1.82, 2.24) is 19.9 Å². The second-order valence-corrected chi connectivity index (χ2v) is 8.64. The Balaban J connectivity index is 1.68. The zero-order chi connectivity index (χ0) is 19.7. The van der Waals surface area contributed by atoms with Crippen LogP contribution < -0.4 is 10.0 Å². The molecule has 1 unspecified atom stereocenters. The molecule has 0 radical (unpaired) electrons. The van der Waals surface area contributed by atoms with Gasteiger partial charge < -0.3 is 10.2 Å². The maximum absolute atomic E-state index is 12.2. The Bertz CT molecular complexity index is 724. The lowest BCUT2D eigenvalue weighted by Gasteiger charge is -2.35. The third-order valence-electron chi connectivity index (χ3n) is 4.62. The van der Waals surface area contributed by atoms with Crippen molar-refractivity contribution in [3.8, 4) is 0 Å². The van der Waals surface area contributed by atoms with Crippen molar-refractivity contribution in [2.75, 3.05) is 18.8 Å². The van der Waals surface area contributed by atoms with Crippen LogP contribution in [0.25, 0.3) is 0 Å². The summed E-state index contributed by atoms with van der Waals surface area (Å²) >= 11 is 0. The molecule has 2 amide bonds. The van der Waals surface area contributed by atoms with Crippen LogP contribution in [-0.4, -0.2) is 55.0 Å². The topological polar surface area (TPSA) is 108 Å². The molecule has 0 spiro atoms. The first-order chi connectivity index (χ1) is 12.9. The van der Waals surface area contributed by atoms with Crippen molar-refractivity contribution >= 4 is 21.8 Å². The Hall–Kier alpha value is -2.00. The summed E-state index contributed by atoms with van der Waals surface area (Å²) in [5, 5.41) is 2.71. The molecule has 150 valence electrons. The van der Waals surface area contributed by atoms with Gasteiger partial charge in [-0.05, 0) is 37.8 Å². The fourth-order valence-corrected chi connectivity index (χ4v) is 4.32. The number of nitrogens with zero attached hydrogens (tertiary/aromatic N) is 2. The molecule has 1 saturated heterocycles. The molecule has 1 aliphatic heterocycles. The van der Waals surface area contributed by atoms with Crippen LogP contribution in [0.3, 0.4) is 0 Å². The molecule has 2 rings (SSSR count). The minimum absolute atomic E-state index is 0.00497. The van der Waals surface area contributed by atoms with Gasteiger partial charge in [0.05, 0.1) is 18.0 Å². The van der Waals surface area contributed by atoms with Crippen LogP contribution in [0, 0.1) is 0 Å². The minimum atomic E-state index is -3.47. The number of rotatable bonds is 9. The highest BCUT2D eigenvalue weighted by molar-refractivity contribution is 7.89. The molecule has 1 fully saturated rings. The predicted octanol–water partition coefficient (Wildman–Crippen LogP) is 0.798. The smallest absolute Gasteiger partial charge is 0.221 e. The van der Waals surface area contributed by atoms with E-state index in [0.29, 0.717) is 19.5 Å². The standard InChI is InChI=1S/C18H28N4O4S/c1-15(23)22-12-5-3-7-17(22)9-13-27(25,26)21-11-8-18(24)20-14-16-6-2-4-10-19-16/h2,4,6,10,17,21H,3,5,7-9,11-14H2,1H3,(H,20,24). The highest BCUT2D eigenvalue weighted by Crippen LogP contribution is 2.20. The zero-order valence-corrected chi connectivity index (χ0v) is 16.5. The van der Waals surface area contributed by atoms with E-state index in [-0.39, 0.29) is 36.6 Å². The largest absolute Gasteiger partial charge is 0.350 e. The Kier molecular flexibility index (Phi) is 8.18. The van der Waals surface area contributed by atoms with E-state index in [9.17, 15) is 18.0 Å². The van der Waals surface area contributed by atoms with Crippen LogP contribution in [0.5, 0.6) is 0 Å². The zero-order valence-electron chi connectivity index (χ0n) is 15.7. The second kappa shape index (κ2) is 10.4. The minimum Gasteiger partial charge on any atom is -0.350 e. The fraction of sp³-hybridized carbons (Fsp3) is 0.611. The number of aromatic nitrogens is 1. The number of nitrogens with one attached hydrogen (secondary N) is 2. The maximum atomic E-state index is 12.2. The average molecular weight is 397 g/mol. The molecule has 9 heteroatoms. The quantitative estimate of drug-likeness (QED) is 0.642. The number of piperidine rings is 1. The molecule has 1 atom stereocenters. The van der Waals surface area contributed by atoms with Crippen LogP contribution in [-0.2, 0) is 26.2 Å². The van der Waals surface area contributed by atoms with Gasteiger partial charge in [0, 0.05) is 38.7 Å². The summed E-state index contributed by atoms with van der Waals surface area (Å²) in [4.78, 5) is 29.3. The van der Waals surface area contributed by atoms with E-state index >= 15 is 0 Å². The number of amides is 2. The molecular formula is C18H28N4O4S. The molecule has 2 heterocycles. The first kappa shape index (κ1) is 21.3.